The third-order valence-electron chi connectivity index (χ3n) is 0.968. The summed E-state index contributed by atoms with van der Waals surface area (Å²) in [5.74, 6) is 0. The molecule has 0 radical (unpaired) electrons. The standard InChI is InChI=1S/C7H12N2/c1-4-5-9-7(2,3)6-8/h4,9H,1,5H2,2-3H3. The van der Waals surface area contributed by atoms with Crippen LogP contribution >= 0.6 is 0 Å². The molecule has 9 heavy (non-hydrogen) atoms. The van der Waals surface area contributed by atoms with Gasteiger partial charge in [-0.2, -0.15) is 5.26 Å². The Balaban J connectivity index is 3.61. The molecule has 0 amide bonds. The van der Waals surface area contributed by atoms with Gasteiger partial charge in [0.15, 0.2) is 0 Å². The second-order valence-corrected chi connectivity index (χ2v) is 2.41. The zero-order chi connectivity index (χ0) is 7.33. The molecule has 0 unspecified atom stereocenters. The molecule has 0 aromatic rings. The van der Waals surface area contributed by atoms with Gasteiger partial charge in [-0.05, 0) is 13.8 Å². The Hall–Kier alpha value is -0.810. The van der Waals surface area contributed by atoms with E-state index in [4.69, 9.17) is 5.26 Å². The van der Waals surface area contributed by atoms with Crippen molar-refractivity contribution in [2.45, 2.75) is 19.4 Å². The Morgan fingerprint density at radius 3 is 2.67 bits per heavy atom. The molecular weight excluding hydrogens is 112 g/mol. The molecule has 0 heterocycles. The topological polar surface area (TPSA) is 35.8 Å². The van der Waals surface area contributed by atoms with Crippen molar-refractivity contribution in [3.05, 3.63) is 12.7 Å². The minimum Gasteiger partial charge on any atom is -0.296 e. The fourth-order valence-electron chi connectivity index (χ4n) is 0.367. The van der Waals surface area contributed by atoms with E-state index in [-0.39, 0.29) is 0 Å². The van der Waals surface area contributed by atoms with Gasteiger partial charge in [0.05, 0.1) is 6.07 Å². The number of nitrogens with zero attached hydrogens (tertiary/aromatic N) is 1. The first kappa shape index (κ1) is 8.19. The van der Waals surface area contributed by atoms with Gasteiger partial charge in [-0.25, -0.2) is 0 Å². The minimum absolute atomic E-state index is 0.422. The van der Waals surface area contributed by atoms with Crippen LogP contribution in [0.25, 0.3) is 0 Å². The Bertz CT molecular complexity index is 130. The van der Waals surface area contributed by atoms with Crippen LogP contribution in [-0.2, 0) is 0 Å². The average molecular weight is 124 g/mol. The molecule has 0 aromatic carbocycles. The van der Waals surface area contributed by atoms with Crippen molar-refractivity contribution in [1.29, 1.82) is 5.26 Å². The maximum absolute atomic E-state index is 8.47. The predicted octanol–water partition coefficient (Wildman–Crippen LogP) is 1.06. The van der Waals surface area contributed by atoms with Crippen LogP contribution in [0.5, 0.6) is 0 Å². The van der Waals surface area contributed by atoms with Gasteiger partial charge >= 0.3 is 0 Å². The lowest BCUT2D eigenvalue weighted by molar-refractivity contribution is 0.516. The van der Waals surface area contributed by atoms with Crippen molar-refractivity contribution < 1.29 is 0 Å². The highest BCUT2D eigenvalue weighted by Crippen LogP contribution is 1.96. The number of nitrogens with one attached hydrogen (secondary N) is 1. The van der Waals surface area contributed by atoms with E-state index in [9.17, 15) is 0 Å². The molecule has 2 heteroatoms. The number of rotatable bonds is 3. The zero-order valence-corrected chi connectivity index (χ0v) is 5.94. The summed E-state index contributed by atoms with van der Waals surface area (Å²) in [7, 11) is 0. The smallest absolute Gasteiger partial charge is 0.101 e. The molecule has 0 aliphatic heterocycles. The molecular formula is C7H12N2. The van der Waals surface area contributed by atoms with Crippen LogP contribution in [0.4, 0.5) is 0 Å². The van der Waals surface area contributed by atoms with E-state index in [0.29, 0.717) is 6.54 Å². The van der Waals surface area contributed by atoms with Gasteiger partial charge in [0, 0.05) is 6.54 Å². The summed E-state index contributed by atoms with van der Waals surface area (Å²) in [5, 5.41) is 11.5. The zero-order valence-electron chi connectivity index (χ0n) is 5.94. The molecule has 0 atom stereocenters. The molecule has 0 fully saturated rings. The molecule has 50 valence electrons. The Kier molecular flexibility index (Phi) is 2.97. The SMILES string of the molecule is C=CCNC(C)(C)C#N. The summed E-state index contributed by atoms with van der Waals surface area (Å²) in [6, 6.07) is 2.12. The quantitative estimate of drug-likeness (QED) is 0.571. The fourth-order valence-corrected chi connectivity index (χ4v) is 0.367. The van der Waals surface area contributed by atoms with Gasteiger partial charge < -0.3 is 0 Å². The van der Waals surface area contributed by atoms with Crippen molar-refractivity contribution in [1.82, 2.24) is 5.32 Å². The minimum atomic E-state index is -0.422. The van der Waals surface area contributed by atoms with Crippen LogP contribution in [0.15, 0.2) is 12.7 Å². The van der Waals surface area contributed by atoms with Gasteiger partial charge in [0.25, 0.3) is 0 Å². The van der Waals surface area contributed by atoms with Crippen molar-refractivity contribution in [2.24, 2.45) is 0 Å². The summed E-state index contributed by atoms with van der Waals surface area (Å²) in [6.45, 7) is 7.87. The first-order valence-corrected chi connectivity index (χ1v) is 2.89. The van der Waals surface area contributed by atoms with E-state index >= 15 is 0 Å². The van der Waals surface area contributed by atoms with Crippen LogP contribution in [0.2, 0.25) is 0 Å². The van der Waals surface area contributed by atoms with Crippen LogP contribution in [0.1, 0.15) is 13.8 Å². The highest BCUT2D eigenvalue weighted by atomic mass is 14.9. The first-order chi connectivity index (χ1) is 4.12. The van der Waals surface area contributed by atoms with Crippen molar-refractivity contribution in [3.63, 3.8) is 0 Å². The Morgan fingerprint density at radius 2 is 2.33 bits per heavy atom. The first-order valence-electron chi connectivity index (χ1n) is 2.89. The summed E-state index contributed by atoms with van der Waals surface area (Å²) in [6.07, 6.45) is 1.74. The monoisotopic (exact) mass is 124 g/mol. The number of nitriles is 1. The van der Waals surface area contributed by atoms with Crippen molar-refractivity contribution in [3.8, 4) is 6.07 Å². The molecule has 0 aliphatic rings. The summed E-state index contributed by atoms with van der Waals surface area (Å²) in [5.41, 5.74) is -0.422. The van der Waals surface area contributed by atoms with E-state index in [1.165, 1.54) is 0 Å². The van der Waals surface area contributed by atoms with Crippen LogP contribution in [0.3, 0.4) is 0 Å². The lowest BCUT2D eigenvalue weighted by Gasteiger charge is -2.14. The van der Waals surface area contributed by atoms with Crippen molar-refractivity contribution >= 4 is 0 Å². The van der Waals surface area contributed by atoms with E-state index in [0.717, 1.165) is 0 Å². The van der Waals surface area contributed by atoms with Gasteiger partial charge in [0.1, 0.15) is 5.54 Å². The van der Waals surface area contributed by atoms with Gasteiger partial charge in [-0.3, -0.25) is 5.32 Å². The molecule has 0 aromatic heterocycles. The molecule has 0 bridgehead atoms. The molecule has 1 N–H and O–H groups in total. The molecule has 0 saturated carbocycles. The normalized spacial score (nSPS) is 10.3. The molecule has 2 nitrogen and oxygen atoms in total. The van der Waals surface area contributed by atoms with Gasteiger partial charge in [-0.1, -0.05) is 6.08 Å². The Labute approximate surface area is 56.2 Å². The summed E-state index contributed by atoms with van der Waals surface area (Å²) >= 11 is 0. The second kappa shape index (κ2) is 3.26. The highest BCUT2D eigenvalue weighted by molar-refractivity contribution is 5.00. The maximum Gasteiger partial charge on any atom is 0.101 e. The van der Waals surface area contributed by atoms with E-state index in [1.807, 2.05) is 13.8 Å². The third-order valence-corrected chi connectivity index (χ3v) is 0.968. The molecule has 0 saturated heterocycles. The molecule has 0 aliphatic carbocycles. The largest absolute Gasteiger partial charge is 0.296 e. The van der Waals surface area contributed by atoms with E-state index in [2.05, 4.69) is 18.0 Å². The number of hydrogen-bond acceptors (Lipinski definition) is 2. The lowest BCUT2D eigenvalue weighted by Crippen LogP contribution is -2.37. The average Bonchev–Trinajstić information content (AvgIpc) is 1.84. The maximum atomic E-state index is 8.47. The second-order valence-electron chi connectivity index (χ2n) is 2.41. The summed E-state index contributed by atoms with van der Waals surface area (Å²) in [4.78, 5) is 0. The highest BCUT2D eigenvalue weighted by Gasteiger charge is 2.12. The lowest BCUT2D eigenvalue weighted by atomic mass is 10.1. The summed E-state index contributed by atoms with van der Waals surface area (Å²) < 4.78 is 0. The van der Waals surface area contributed by atoms with Crippen molar-refractivity contribution in [2.75, 3.05) is 6.54 Å². The molecule has 0 spiro atoms. The number of hydrogen-bond donors (Lipinski definition) is 1. The third kappa shape index (κ3) is 3.75. The fraction of sp³-hybridized carbons (Fsp3) is 0.571. The van der Waals surface area contributed by atoms with Crippen LogP contribution in [0, 0.1) is 11.3 Å². The van der Waals surface area contributed by atoms with Gasteiger partial charge in [-0.15, -0.1) is 6.58 Å². The molecule has 0 rings (SSSR count). The van der Waals surface area contributed by atoms with Crippen LogP contribution in [-0.4, -0.2) is 12.1 Å². The van der Waals surface area contributed by atoms with E-state index < -0.39 is 5.54 Å². The van der Waals surface area contributed by atoms with Gasteiger partial charge in [0.2, 0.25) is 0 Å². The predicted molar refractivity (Wildman–Crippen MR) is 37.9 cm³/mol. The van der Waals surface area contributed by atoms with Crippen LogP contribution < -0.4 is 5.32 Å². The van der Waals surface area contributed by atoms with E-state index in [1.54, 1.807) is 6.08 Å². The Morgan fingerprint density at radius 1 is 1.78 bits per heavy atom.